The van der Waals surface area contributed by atoms with Gasteiger partial charge in [0, 0.05) is 6.04 Å². The number of hydrogen-bond acceptors (Lipinski definition) is 2. The second kappa shape index (κ2) is 6.46. The van der Waals surface area contributed by atoms with Crippen LogP contribution in [0.15, 0.2) is 0 Å². The molecule has 0 spiro atoms. The molecule has 2 aliphatic rings. The maximum atomic E-state index is 12.8. The summed E-state index contributed by atoms with van der Waals surface area (Å²) < 4.78 is 0. The van der Waals surface area contributed by atoms with Gasteiger partial charge in [0.1, 0.15) is 0 Å². The van der Waals surface area contributed by atoms with Gasteiger partial charge >= 0.3 is 0 Å². The average Bonchev–Trinajstić information content (AvgIpc) is 2.71. The van der Waals surface area contributed by atoms with E-state index < -0.39 is 0 Å². The Balaban J connectivity index is 2.06. The predicted molar refractivity (Wildman–Crippen MR) is 83.4 cm³/mol. The van der Waals surface area contributed by atoms with Crippen LogP contribution in [0.4, 0.5) is 0 Å². The number of rotatable bonds is 5. The first-order valence-corrected chi connectivity index (χ1v) is 8.56. The molecule has 1 heterocycles. The fourth-order valence-corrected chi connectivity index (χ4v) is 3.98. The van der Waals surface area contributed by atoms with E-state index in [-0.39, 0.29) is 12.2 Å². The van der Waals surface area contributed by atoms with Crippen molar-refractivity contribution in [2.24, 2.45) is 5.41 Å². The van der Waals surface area contributed by atoms with Gasteiger partial charge in [-0.05, 0) is 37.5 Å². The van der Waals surface area contributed by atoms with E-state index in [9.17, 15) is 4.79 Å². The molecule has 3 unspecified atom stereocenters. The lowest BCUT2D eigenvalue weighted by atomic mass is 9.74. The van der Waals surface area contributed by atoms with Gasteiger partial charge in [-0.25, -0.2) is 0 Å². The lowest BCUT2D eigenvalue weighted by Crippen LogP contribution is -2.47. The highest BCUT2D eigenvalue weighted by Crippen LogP contribution is 2.39. The van der Waals surface area contributed by atoms with Gasteiger partial charge in [-0.15, -0.1) is 0 Å². The van der Waals surface area contributed by atoms with Crippen molar-refractivity contribution >= 4 is 5.91 Å². The Morgan fingerprint density at radius 2 is 2.10 bits per heavy atom. The number of nitrogens with one attached hydrogen (secondary N) is 1. The van der Waals surface area contributed by atoms with Crippen LogP contribution in [0.2, 0.25) is 0 Å². The molecular formula is C17H32N2O. The third kappa shape index (κ3) is 3.36. The predicted octanol–water partition coefficient (Wildman–Crippen LogP) is 3.68. The van der Waals surface area contributed by atoms with Gasteiger partial charge in [0.25, 0.3) is 0 Å². The molecule has 0 radical (unpaired) electrons. The minimum Gasteiger partial charge on any atom is -0.323 e. The Morgan fingerprint density at radius 3 is 2.70 bits per heavy atom. The van der Waals surface area contributed by atoms with E-state index in [1.807, 2.05) is 0 Å². The minimum absolute atomic E-state index is 0.0740. The van der Waals surface area contributed by atoms with Gasteiger partial charge in [0.15, 0.2) is 0 Å². The Bertz CT molecular complexity index is 340. The Morgan fingerprint density at radius 1 is 1.35 bits per heavy atom. The third-order valence-electron chi connectivity index (χ3n) is 5.09. The maximum absolute atomic E-state index is 12.8. The number of carbonyl (C=O) groups excluding carboxylic acids is 1. The summed E-state index contributed by atoms with van der Waals surface area (Å²) in [6, 6.07) is 0.528. The van der Waals surface area contributed by atoms with Gasteiger partial charge in [0.05, 0.1) is 12.2 Å². The molecule has 1 N–H and O–H groups in total. The second-order valence-corrected chi connectivity index (χ2v) is 7.45. The van der Waals surface area contributed by atoms with Crippen molar-refractivity contribution in [1.29, 1.82) is 0 Å². The molecule has 2 rings (SSSR count). The summed E-state index contributed by atoms with van der Waals surface area (Å²) in [4.78, 5) is 15.0. The summed E-state index contributed by atoms with van der Waals surface area (Å²) in [5, 5.41) is 3.58. The summed E-state index contributed by atoms with van der Waals surface area (Å²) in [5.41, 5.74) is 0.392. The van der Waals surface area contributed by atoms with Gasteiger partial charge in [-0.1, -0.05) is 47.0 Å². The highest BCUT2D eigenvalue weighted by Gasteiger charge is 2.43. The minimum atomic E-state index is 0.0740. The highest BCUT2D eigenvalue weighted by atomic mass is 16.2. The fourth-order valence-electron chi connectivity index (χ4n) is 3.98. The molecule has 0 bridgehead atoms. The van der Waals surface area contributed by atoms with Crippen LogP contribution < -0.4 is 5.32 Å². The molecule has 20 heavy (non-hydrogen) atoms. The lowest BCUT2D eigenvalue weighted by Gasteiger charge is -2.41. The topological polar surface area (TPSA) is 32.3 Å². The van der Waals surface area contributed by atoms with Crippen LogP contribution >= 0.6 is 0 Å². The van der Waals surface area contributed by atoms with Gasteiger partial charge < -0.3 is 4.90 Å². The largest absolute Gasteiger partial charge is 0.323 e. The first kappa shape index (κ1) is 15.8. The van der Waals surface area contributed by atoms with Crippen molar-refractivity contribution in [2.45, 2.75) is 97.3 Å². The summed E-state index contributed by atoms with van der Waals surface area (Å²) in [6.45, 7) is 9.08. The number of amides is 1. The molecule has 1 saturated carbocycles. The van der Waals surface area contributed by atoms with Gasteiger partial charge in [-0.3, -0.25) is 10.1 Å². The van der Waals surface area contributed by atoms with Crippen LogP contribution in [-0.4, -0.2) is 29.1 Å². The second-order valence-electron chi connectivity index (χ2n) is 7.45. The van der Waals surface area contributed by atoms with Crippen molar-refractivity contribution in [3.05, 3.63) is 0 Å². The Labute approximate surface area is 124 Å². The Hall–Kier alpha value is -0.570. The van der Waals surface area contributed by atoms with E-state index in [1.54, 1.807) is 0 Å². The van der Waals surface area contributed by atoms with Crippen LogP contribution in [0.3, 0.4) is 0 Å². The molecule has 3 nitrogen and oxygen atoms in total. The highest BCUT2D eigenvalue weighted by molar-refractivity contribution is 5.84. The average molecular weight is 280 g/mol. The van der Waals surface area contributed by atoms with E-state index in [4.69, 9.17) is 0 Å². The maximum Gasteiger partial charge on any atom is 0.241 e. The number of carbonyl (C=O) groups is 1. The van der Waals surface area contributed by atoms with E-state index in [2.05, 4.69) is 37.9 Å². The molecule has 1 aliphatic carbocycles. The van der Waals surface area contributed by atoms with Crippen molar-refractivity contribution in [3.63, 3.8) is 0 Å². The lowest BCUT2D eigenvalue weighted by molar-refractivity contribution is -0.133. The standard InChI is InChI=1S/C17H32N2O/c1-5-7-10-14-16(20)19(15(6-2)18-14)13-9-8-11-17(3,4)12-13/h13-15,18H,5-12H2,1-4H3. The quantitative estimate of drug-likeness (QED) is 0.833. The van der Waals surface area contributed by atoms with Crippen LogP contribution in [0.1, 0.15) is 79.1 Å². The van der Waals surface area contributed by atoms with E-state index >= 15 is 0 Å². The third-order valence-corrected chi connectivity index (χ3v) is 5.09. The fraction of sp³-hybridized carbons (Fsp3) is 0.941. The van der Waals surface area contributed by atoms with E-state index in [0.717, 1.165) is 25.7 Å². The molecule has 0 aromatic carbocycles. The molecule has 2 fully saturated rings. The summed E-state index contributed by atoms with van der Waals surface area (Å²) in [7, 11) is 0. The number of hydrogen-bond donors (Lipinski definition) is 1. The molecular weight excluding hydrogens is 248 g/mol. The molecule has 0 aromatic rings. The number of nitrogens with zero attached hydrogens (tertiary/aromatic N) is 1. The van der Waals surface area contributed by atoms with Crippen molar-refractivity contribution < 1.29 is 4.79 Å². The van der Waals surface area contributed by atoms with Crippen molar-refractivity contribution in [1.82, 2.24) is 10.2 Å². The van der Waals surface area contributed by atoms with Crippen LogP contribution in [0, 0.1) is 5.41 Å². The first-order valence-electron chi connectivity index (χ1n) is 8.56. The Kier molecular flexibility index (Phi) is 5.11. The van der Waals surface area contributed by atoms with Crippen molar-refractivity contribution in [3.8, 4) is 0 Å². The molecule has 116 valence electrons. The van der Waals surface area contributed by atoms with Gasteiger partial charge in [0.2, 0.25) is 5.91 Å². The summed E-state index contributed by atoms with van der Waals surface area (Å²) in [5.74, 6) is 0.369. The molecule has 1 amide bonds. The van der Waals surface area contributed by atoms with Gasteiger partial charge in [-0.2, -0.15) is 0 Å². The smallest absolute Gasteiger partial charge is 0.241 e. The SMILES string of the molecule is CCCCC1NC(CC)N(C2CCCC(C)(C)C2)C1=O. The van der Waals surface area contributed by atoms with Crippen LogP contribution in [0.5, 0.6) is 0 Å². The monoisotopic (exact) mass is 280 g/mol. The zero-order valence-corrected chi connectivity index (χ0v) is 13.7. The van der Waals surface area contributed by atoms with E-state index in [1.165, 1.54) is 25.7 Å². The van der Waals surface area contributed by atoms with Crippen LogP contribution in [0.25, 0.3) is 0 Å². The van der Waals surface area contributed by atoms with Crippen LogP contribution in [-0.2, 0) is 4.79 Å². The zero-order valence-electron chi connectivity index (χ0n) is 13.7. The molecule has 3 heteroatoms. The number of unbranched alkanes of at least 4 members (excludes halogenated alkanes) is 1. The first-order chi connectivity index (χ1) is 9.48. The molecule has 1 saturated heterocycles. The molecule has 0 aromatic heterocycles. The summed E-state index contributed by atoms with van der Waals surface area (Å²) in [6.07, 6.45) is 9.51. The normalized spacial score (nSPS) is 33.7. The zero-order chi connectivity index (χ0) is 14.8. The van der Waals surface area contributed by atoms with Crippen molar-refractivity contribution in [2.75, 3.05) is 0 Å². The van der Waals surface area contributed by atoms with E-state index in [0.29, 0.717) is 17.4 Å². The summed E-state index contributed by atoms with van der Waals surface area (Å²) >= 11 is 0. The molecule has 3 atom stereocenters. The molecule has 1 aliphatic heterocycles.